The molecule has 4 nitrogen and oxygen atoms in total. The molecule has 0 aliphatic heterocycles. The van der Waals surface area contributed by atoms with E-state index in [4.69, 9.17) is 4.74 Å². The number of nitrogens with zero attached hydrogens (tertiary/aromatic N) is 2. The molecule has 0 N–H and O–H groups in total. The van der Waals surface area contributed by atoms with E-state index in [0.29, 0.717) is 6.61 Å². The number of ether oxygens (including phenoxy) is 1. The molecule has 86 valence electrons. The van der Waals surface area contributed by atoms with Crippen molar-refractivity contribution in [2.45, 2.75) is 33.2 Å². The Bertz CT molecular complexity index is 399. The third-order valence-corrected chi connectivity index (χ3v) is 1.86. The molecule has 1 rings (SSSR count). The van der Waals surface area contributed by atoms with E-state index in [0.717, 1.165) is 18.5 Å². The Labute approximate surface area is 95.6 Å². The van der Waals surface area contributed by atoms with Crippen LogP contribution in [-0.2, 0) is 16.1 Å². The van der Waals surface area contributed by atoms with Crippen LogP contribution in [0.2, 0.25) is 0 Å². The molecule has 0 atom stereocenters. The van der Waals surface area contributed by atoms with Crippen molar-refractivity contribution in [2.24, 2.45) is 0 Å². The van der Waals surface area contributed by atoms with Gasteiger partial charge in [-0.1, -0.05) is 18.8 Å². The summed E-state index contributed by atoms with van der Waals surface area (Å²) in [6, 6.07) is 0. The normalized spacial score (nSPS) is 9.38. The van der Waals surface area contributed by atoms with Crippen molar-refractivity contribution in [1.82, 2.24) is 9.78 Å². The van der Waals surface area contributed by atoms with E-state index in [1.54, 1.807) is 13.1 Å². The van der Waals surface area contributed by atoms with Crippen LogP contribution in [0.4, 0.5) is 0 Å². The van der Waals surface area contributed by atoms with Crippen LogP contribution in [0.25, 0.3) is 0 Å². The van der Waals surface area contributed by atoms with Crippen molar-refractivity contribution in [3.05, 3.63) is 18.0 Å². The van der Waals surface area contributed by atoms with Crippen molar-refractivity contribution < 1.29 is 9.53 Å². The number of rotatable bonds is 4. The van der Waals surface area contributed by atoms with Crippen LogP contribution in [0.15, 0.2) is 12.4 Å². The summed E-state index contributed by atoms with van der Waals surface area (Å²) >= 11 is 0. The van der Waals surface area contributed by atoms with Crippen LogP contribution in [0, 0.1) is 11.8 Å². The maximum Gasteiger partial charge on any atom is 0.317 e. The Morgan fingerprint density at radius 3 is 3.06 bits per heavy atom. The van der Waals surface area contributed by atoms with E-state index >= 15 is 0 Å². The van der Waals surface area contributed by atoms with Gasteiger partial charge in [-0.05, 0) is 13.3 Å². The number of carbonyl (C=O) groups excluding carboxylic acids is 1. The fourth-order valence-corrected chi connectivity index (χ4v) is 1.21. The summed E-state index contributed by atoms with van der Waals surface area (Å²) in [5.41, 5.74) is 0.831. The monoisotopic (exact) mass is 220 g/mol. The first kappa shape index (κ1) is 12.3. The van der Waals surface area contributed by atoms with E-state index < -0.39 is 0 Å². The van der Waals surface area contributed by atoms with Gasteiger partial charge in [-0.25, -0.2) is 0 Å². The molecule has 16 heavy (non-hydrogen) atoms. The molecule has 4 heteroatoms. The quantitative estimate of drug-likeness (QED) is 0.572. The highest BCUT2D eigenvalue weighted by atomic mass is 16.5. The average Bonchev–Trinajstić information content (AvgIpc) is 2.67. The van der Waals surface area contributed by atoms with Gasteiger partial charge in [0, 0.05) is 12.7 Å². The lowest BCUT2D eigenvalue weighted by molar-refractivity contribution is -0.141. The van der Waals surface area contributed by atoms with Gasteiger partial charge < -0.3 is 4.74 Å². The molecule has 1 heterocycles. The van der Waals surface area contributed by atoms with Crippen molar-refractivity contribution >= 4 is 5.97 Å². The van der Waals surface area contributed by atoms with Gasteiger partial charge in [-0.3, -0.25) is 9.48 Å². The van der Waals surface area contributed by atoms with Crippen molar-refractivity contribution in [3.8, 4) is 11.8 Å². The first-order chi connectivity index (χ1) is 7.76. The zero-order valence-corrected chi connectivity index (χ0v) is 9.69. The molecule has 0 saturated heterocycles. The van der Waals surface area contributed by atoms with Crippen LogP contribution in [0.5, 0.6) is 0 Å². The minimum Gasteiger partial charge on any atom is -0.465 e. The molecule has 0 aliphatic rings. The van der Waals surface area contributed by atoms with Crippen LogP contribution in [0.3, 0.4) is 0 Å². The van der Waals surface area contributed by atoms with Crippen molar-refractivity contribution in [1.29, 1.82) is 0 Å². The lowest BCUT2D eigenvalue weighted by Gasteiger charge is -1.94. The summed E-state index contributed by atoms with van der Waals surface area (Å²) < 4.78 is 6.60. The molecule has 0 fully saturated rings. The summed E-state index contributed by atoms with van der Waals surface area (Å²) in [6.45, 7) is 5.16. The zero-order valence-electron chi connectivity index (χ0n) is 9.69. The van der Waals surface area contributed by atoms with Gasteiger partial charge in [0.25, 0.3) is 0 Å². The molecule has 1 aromatic heterocycles. The second-order valence-electron chi connectivity index (χ2n) is 3.28. The summed E-state index contributed by atoms with van der Waals surface area (Å²) in [5.74, 6) is 5.36. The second kappa shape index (κ2) is 6.67. The lowest BCUT2D eigenvalue weighted by Crippen LogP contribution is -2.01. The highest BCUT2D eigenvalue weighted by Crippen LogP contribution is 1.96. The van der Waals surface area contributed by atoms with E-state index in [-0.39, 0.29) is 12.4 Å². The molecule has 0 amide bonds. The number of carbonyl (C=O) groups is 1. The summed E-state index contributed by atoms with van der Waals surface area (Å²) in [5, 5.41) is 4.14. The largest absolute Gasteiger partial charge is 0.465 e. The standard InChI is InChI=1S/C12H16N2O2/c1-3-8-14-10-11(9-13-14)6-5-7-12(15)16-4-2/h9-10H,3-4,7-8H2,1-2H3. The lowest BCUT2D eigenvalue weighted by atomic mass is 10.3. The van der Waals surface area contributed by atoms with E-state index in [2.05, 4.69) is 23.9 Å². The Balaban J connectivity index is 2.46. The van der Waals surface area contributed by atoms with Gasteiger partial charge in [0.1, 0.15) is 6.42 Å². The highest BCUT2D eigenvalue weighted by Gasteiger charge is 1.97. The third kappa shape index (κ3) is 4.18. The molecule has 0 aliphatic carbocycles. The number of aromatic nitrogens is 2. The Hall–Kier alpha value is -1.76. The van der Waals surface area contributed by atoms with Crippen LogP contribution < -0.4 is 0 Å². The van der Waals surface area contributed by atoms with Gasteiger partial charge in [-0.2, -0.15) is 5.10 Å². The fraction of sp³-hybridized carbons (Fsp3) is 0.500. The van der Waals surface area contributed by atoms with Gasteiger partial charge in [0.05, 0.1) is 18.4 Å². The molecule has 0 aromatic carbocycles. The van der Waals surface area contributed by atoms with Crippen molar-refractivity contribution in [3.63, 3.8) is 0 Å². The Morgan fingerprint density at radius 2 is 2.38 bits per heavy atom. The fourth-order valence-electron chi connectivity index (χ4n) is 1.21. The molecule has 0 bridgehead atoms. The summed E-state index contributed by atoms with van der Waals surface area (Å²) in [6.07, 6.45) is 4.75. The van der Waals surface area contributed by atoms with E-state index in [1.807, 2.05) is 10.9 Å². The first-order valence-electron chi connectivity index (χ1n) is 5.43. The Kier molecular flexibility index (Phi) is 5.13. The molecular formula is C12H16N2O2. The Morgan fingerprint density at radius 1 is 1.56 bits per heavy atom. The predicted octanol–water partition coefficient (Wildman–Crippen LogP) is 1.60. The average molecular weight is 220 g/mol. The molecule has 0 radical (unpaired) electrons. The number of esters is 1. The zero-order chi connectivity index (χ0) is 11.8. The van der Waals surface area contributed by atoms with Gasteiger partial charge in [0.15, 0.2) is 0 Å². The number of aryl methyl sites for hydroxylation is 1. The third-order valence-electron chi connectivity index (χ3n) is 1.86. The van der Waals surface area contributed by atoms with Crippen molar-refractivity contribution in [2.75, 3.05) is 6.61 Å². The SMILES string of the molecule is CCCn1cc(C#CCC(=O)OCC)cn1. The molecule has 0 unspecified atom stereocenters. The summed E-state index contributed by atoms with van der Waals surface area (Å²) in [7, 11) is 0. The molecule has 1 aromatic rings. The van der Waals surface area contributed by atoms with Crippen LogP contribution in [0.1, 0.15) is 32.3 Å². The maximum atomic E-state index is 11.0. The molecule has 0 spiro atoms. The summed E-state index contributed by atoms with van der Waals surface area (Å²) in [4.78, 5) is 11.0. The predicted molar refractivity (Wildman–Crippen MR) is 60.6 cm³/mol. The van der Waals surface area contributed by atoms with Crippen LogP contribution >= 0.6 is 0 Å². The van der Waals surface area contributed by atoms with Gasteiger partial charge >= 0.3 is 5.97 Å². The number of hydrogen-bond acceptors (Lipinski definition) is 3. The topological polar surface area (TPSA) is 44.1 Å². The highest BCUT2D eigenvalue weighted by molar-refractivity contribution is 5.72. The second-order valence-corrected chi connectivity index (χ2v) is 3.28. The molecule has 0 saturated carbocycles. The molecular weight excluding hydrogens is 204 g/mol. The van der Waals surface area contributed by atoms with Crippen LogP contribution in [-0.4, -0.2) is 22.4 Å². The minimum absolute atomic E-state index is 0.132. The minimum atomic E-state index is -0.282. The first-order valence-corrected chi connectivity index (χ1v) is 5.43. The van der Waals surface area contributed by atoms with E-state index in [1.165, 1.54) is 0 Å². The smallest absolute Gasteiger partial charge is 0.317 e. The maximum absolute atomic E-state index is 11.0. The van der Waals surface area contributed by atoms with Gasteiger partial charge in [0.2, 0.25) is 0 Å². The number of hydrogen-bond donors (Lipinski definition) is 0. The van der Waals surface area contributed by atoms with Gasteiger partial charge in [-0.15, -0.1) is 0 Å². The van der Waals surface area contributed by atoms with E-state index in [9.17, 15) is 4.79 Å².